The summed E-state index contributed by atoms with van der Waals surface area (Å²) in [6.07, 6.45) is 4.26. The van der Waals surface area contributed by atoms with Gasteiger partial charge in [0.05, 0.1) is 7.11 Å². The number of esters is 1. The second-order valence-corrected chi connectivity index (χ2v) is 10.8. The summed E-state index contributed by atoms with van der Waals surface area (Å²) in [6, 6.07) is 0. The lowest BCUT2D eigenvalue weighted by molar-refractivity contribution is -0.173. The Morgan fingerprint density at radius 1 is 1.03 bits per heavy atom. The summed E-state index contributed by atoms with van der Waals surface area (Å²) in [4.78, 5) is 25.2. The molecule has 2 aliphatic heterocycles. The fraction of sp³-hybridized carbons (Fsp3) is 0.680. The SMILES string of the molecule is COc1c2c(c(C)c3c1C(=O)OC3)OC1(C)CCC3C(C)(C)C(=O)CCC3(C)C1C2. The average molecular weight is 413 g/mol. The lowest BCUT2D eigenvalue weighted by Crippen LogP contribution is -2.63. The first-order chi connectivity index (χ1) is 14.0. The van der Waals surface area contributed by atoms with Crippen molar-refractivity contribution in [3.8, 4) is 11.5 Å². The average Bonchev–Trinajstić information content (AvgIpc) is 3.07. The number of ketones is 1. The first kappa shape index (κ1) is 19.9. The predicted octanol–water partition coefficient (Wildman–Crippen LogP) is 4.79. The summed E-state index contributed by atoms with van der Waals surface area (Å²) in [5.41, 5.74) is 2.85. The van der Waals surface area contributed by atoms with E-state index in [9.17, 15) is 9.59 Å². The zero-order chi connectivity index (χ0) is 21.6. The Hall–Kier alpha value is -2.04. The number of fused-ring (bicyclic) bond motifs is 5. The molecule has 0 bridgehead atoms. The minimum Gasteiger partial charge on any atom is -0.495 e. The van der Waals surface area contributed by atoms with E-state index in [-0.39, 0.29) is 34.9 Å². The Morgan fingerprint density at radius 2 is 1.77 bits per heavy atom. The number of ether oxygens (including phenoxy) is 3. The van der Waals surface area contributed by atoms with E-state index in [1.54, 1.807) is 7.11 Å². The van der Waals surface area contributed by atoms with E-state index >= 15 is 0 Å². The third kappa shape index (κ3) is 2.29. The largest absolute Gasteiger partial charge is 0.495 e. The highest BCUT2D eigenvalue weighted by Gasteiger charge is 2.63. The van der Waals surface area contributed by atoms with Gasteiger partial charge in [0.2, 0.25) is 0 Å². The maximum Gasteiger partial charge on any atom is 0.342 e. The molecule has 0 N–H and O–H groups in total. The van der Waals surface area contributed by atoms with Crippen LogP contribution in [0.25, 0.3) is 0 Å². The molecule has 30 heavy (non-hydrogen) atoms. The van der Waals surface area contributed by atoms with E-state index in [2.05, 4.69) is 27.7 Å². The minimum atomic E-state index is -0.309. The molecular weight excluding hydrogens is 380 g/mol. The zero-order valence-corrected chi connectivity index (χ0v) is 18.9. The van der Waals surface area contributed by atoms with Crippen molar-refractivity contribution in [1.29, 1.82) is 0 Å². The zero-order valence-electron chi connectivity index (χ0n) is 18.9. The lowest BCUT2D eigenvalue weighted by Gasteiger charge is -2.62. The van der Waals surface area contributed by atoms with Crippen LogP contribution in [0.15, 0.2) is 0 Å². The molecule has 0 spiro atoms. The highest BCUT2D eigenvalue weighted by Crippen LogP contribution is 2.64. The maximum absolute atomic E-state index is 12.8. The van der Waals surface area contributed by atoms with E-state index in [1.165, 1.54) is 0 Å². The van der Waals surface area contributed by atoms with E-state index < -0.39 is 0 Å². The molecule has 5 nitrogen and oxygen atoms in total. The Kier molecular flexibility index (Phi) is 3.99. The van der Waals surface area contributed by atoms with Crippen molar-refractivity contribution in [2.75, 3.05) is 7.11 Å². The molecule has 2 aliphatic carbocycles. The van der Waals surface area contributed by atoms with Crippen LogP contribution in [0.5, 0.6) is 11.5 Å². The smallest absolute Gasteiger partial charge is 0.342 e. The second-order valence-electron chi connectivity index (χ2n) is 10.8. The monoisotopic (exact) mass is 412 g/mol. The highest BCUT2D eigenvalue weighted by molar-refractivity contribution is 5.98. The standard InChI is InChI=1S/C25H32O5/c1-13-15-12-29-22(27)19(15)21(28-6)14-11-17-24(4)9-8-18(26)23(2,3)16(24)7-10-25(17,5)30-20(13)14/h16-17H,7-12H2,1-6H3. The highest BCUT2D eigenvalue weighted by atomic mass is 16.5. The first-order valence-corrected chi connectivity index (χ1v) is 11.2. The van der Waals surface area contributed by atoms with Crippen molar-refractivity contribution in [3.05, 3.63) is 22.3 Å². The van der Waals surface area contributed by atoms with Crippen molar-refractivity contribution in [1.82, 2.24) is 0 Å². The van der Waals surface area contributed by atoms with Crippen molar-refractivity contribution >= 4 is 11.8 Å². The number of hydrogen-bond acceptors (Lipinski definition) is 5. The molecule has 2 fully saturated rings. The van der Waals surface area contributed by atoms with Gasteiger partial charge in [-0.3, -0.25) is 4.79 Å². The van der Waals surface area contributed by atoms with Gasteiger partial charge in [-0.1, -0.05) is 20.8 Å². The second kappa shape index (κ2) is 6.02. The van der Waals surface area contributed by atoms with E-state index in [0.29, 0.717) is 29.4 Å². The van der Waals surface area contributed by atoms with Gasteiger partial charge in [-0.05, 0) is 56.4 Å². The number of benzene rings is 1. The number of carbonyl (C=O) groups is 2. The first-order valence-electron chi connectivity index (χ1n) is 11.2. The number of rotatable bonds is 1. The number of hydrogen-bond donors (Lipinski definition) is 0. The van der Waals surface area contributed by atoms with Gasteiger partial charge < -0.3 is 14.2 Å². The van der Waals surface area contributed by atoms with Crippen LogP contribution in [0.4, 0.5) is 0 Å². The Balaban J connectivity index is 1.67. The van der Waals surface area contributed by atoms with Crippen LogP contribution in [0.3, 0.4) is 0 Å². The van der Waals surface area contributed by atoms with Crippen molar-refractivity contribution < 1.29 is 23.8 Å². The Labute approximate surface area is 178 Å². The molecule has 162 valence electrons. The molecule has 0 amide bonds. The fourth-order valence-corrected chi connectivity index (χ4v) is 7.41. The van der Waals surface area contributed by atoms with Crippen LogP contribution in [0.1, 0.15) is 80.4 Å². The quantitative estimate of drug-likeness (QED) is 0.621. The molecule has 0 aromatic heterocycles. The number of cyclic esters (lactones) is 1. The molecule has 0 saturated heterocycles. The van der Waals surface area contributed by atoms with Gasteiger partial charge in [0.25, 0.3) is 0 Å². The molecular formula is C25H32O5. The molecule has 5 heteroatoms. The maximum atomic E-state index is 12.8. The summed E-state index contributed by atoms with van der Waals surface area (Å²) >= 11 is 0. The number of methoxy groups -OCH3 is 1. The van der Waals surface area contributed by atoms with Crippen molar-refractivity contribution in [2.45, 2.75) is 78.9 Å². The van der Waals surface area contributed by atoms with Gasteiger partial charge in [0, 0.05) is 28.9 Å². The lowest BCUT2D eigenvalue weighted by atomic mass is 9.44. The van der Waals surface area contributed by atoms with Gasteiger partial charge >= 0.3 is 5.97 Å². The molecule has 2 saturated carbocycles. The van der Waals surface area contributed by atoms with Crippen LogP contribution >= 0.6 is 0 Å². The van der Waals surface area contributed by atoms with Gasteiger partial charge in [-0.2, -0.15) is 0 Å². The van der Waals surface area contributed by atoms with Gasteiger partial charge in [-0.25, -0.2) is 4.79 Å². The number of Topliss-reactive ketones (excluding diaryl/α,β-unsaturated/α-hetero) is 1. The summed E-state index contributed by atoms with van der Waals surface area (Å²) in [6.45, 7) is 11.2. The van der Waals surface area contributed by atoms with Gasteiger partial charge in [-0.15, -0.1) is 0 Å². The predicted molar refractivity (Wildman–Crippen MR) is 112 cm³/mol. The van der Waals surface area contributed by atoms with E-state index in [0.717, 1.165) is 48.1 Å². The van der Waals surface area contributed by atoms with Gasteiger partial charge in [0.15, 0.2) is 0 Å². The summed E-state index contributed by atoms with van der Waals surface area (Å²) in [5, 5.41) is 0. The summed E-state index contributed by atoms with van der Waals surface area (Å²) in [7, 11) is 1.62. The van der Waals surface area contributed by atoms with Crippen LogP contribution < -0.4 is 9.47 Å². The molecule has 4 aliphatic rings. The molecule has 1 aromatic rings. The van der Waals surface area contributed by atoms with E-state index in [4.69, 9.17) is 14.2 Å². The van der Waals surface area contributed by atoms with Crippen molar-refractivity contribution in [3.63, 3.8) is 0 Å². The molecule has 2 heterocycles. The van der Waals surface area contributed by atoms with Crippen LogP contribution in [-0.2, 0) is 22.6 Å². The third-order valence-corrected chi connectivity index (χ3v) is 9.11. The van der Waals surface area contributed by atoms with Gasteiger partial charge in [0.1, 0.15) is 35.1 Å². The fourth-order valence-electron chi connectivity index (χ4n) is 7.41. The normalized spacial score (nSPS) is 36.1. The van der Waals surface area contributed by atoms with Crippen LogP contribution in [0, 0.1) is 29.6 Å². The third-order valence-electron chi connectivity index (χ3n) is 9.11. The summed E-state index contributed by atoms with van der Waals surface area (Å²) < 4.78 is 18.0. The molecule has 0 radical (unpaired) electrons. The molecule has 1 aromatic carbocycles. The molecule has 4 unspecified atom stereocenters. The Morgan fingerprint density at radius 3 is 2.47 bits per heavy atom. The van der Waals surface area contributed by atoms with Crippen LogP contribution in [0.2, 0.25) is 0 Å². The molecule has 5 rings (SSSR count). The minimum absolute atomic E-state index is 0.000535. The topological polar surface area (TPSA) is 61.8 Å². The van der Waals surface area contributed by atoms with Crippen molar-refractivity contribution in [2.24, 2.45) is 22.7 Å². The van der Waals surface area contributed by atoms with E-state index in [1.807, 2.05) is 6.92 Å². The number of carbonyl (C=O) groups excluding carboxylic acids is 2. The summed E-state index contributed by atoms with van der Waals surface area (Å²) in [5.74, 6) is 2.16. The van der Waals surface area contributed by atoms with Crippen LogP contribution in [-0.4, -0.2) is 24.5 Å². The Bertz CT molecular complexity index is 976. The molecule has 4 atom stereocenters.